The molecule has 0 amide bonds. The lowest BCUT2D eigenvalue weighted by Crippen LogP contribution is -2.35. The Kier molecular flexibility index (Phi) is 5.42. The average molecular weight is 444 g/mol. The second-order valence-corrected chi connectivity index (χ2v) is 9.07. The standard InChI is InChI=1S/C24H26ClNO5/c1-13-21(24(28)31-14-6-3-2-4-7-14)22(23-17(26-13)8-5-9-18(23)27)15-10-19-20(11-16(15)25)30-12-29-19/h10-11,14,22,26H,2-9,12H2,1H3/t22-/m0/s1. The molecule has 1 fully saturated rings. The molecule has 0 aromatic heterocycles. The highest BCUT2D eigenvalue weighted by atomic mass is 35.5. The van der Waals surface area contributed by atoms with E-state index in [1.807, 2.05) is 6.92 Å². The number of dihydropyridines is 1. The maximum atomic E-state index is 13.4. The van der Waals surface area contributed by atoms with Crippen LogP contribution >= 0.6 is 11.6 Å². The van der Waals surface area contributed by atoms with Crippen LogP contribution in [0.15, 0.2) is 34.7 Å². The summed E-state index contributed by atoms with van der Waals surface area (Å²) in [4.78, 5) is 26.5. The summed E-state index contributed by atoms with van der Waals surface area (Å²) in [5.74, 6) is 0.227. The highest BCUT2D eigenvalue weighted by Crippen LogP contribution is 2.48. The van der Waals surface area contributed by atoms with Gasteiger partial charge in [-0.2, -0.15) is 0 Å². The van der Waals surface area contributed by atoms with Crippen LogP contribution < -0.4 is 14.8 Å². The van der Waals surface area contributed by atoms with Gasteiger partial charge < -0.3 is 19.5 Å². The zero-order valence-corrected chi connectivity index (χ0v) is 18.3. The van der Waals surface area contributed by atoms with E-state index in [4.69, 9.17) is 25.8 Å². The van der Waals surface area contributed by atoms with Gasteiger partial charge in [0.15, 0.2) is 17.3 Å². The van der Waals surface area contributed by atoms with E-state index in [1.165, 1.54) is 6.42 Å². The molecular weight excluding hydrogens is 418 g/mol. The summed E-state index contributed by atoms with van der Waals surface area (Å²) in [6, 6.07) is 3.50. The second kappa shape index (κ2) is 8.23. The molecule has 0 spiro atoms. The number of nitrogens with one attached hydrogen (secondary N) is 1. The number of halogens is 1. The maximum Gasteiger partial charge on any atom is 0.337 e. The third-order valence-corrected chi connectivity index (χ3v) is 6.95. The Bertz CT molecular complexity index is 1010. The minimum atomic E-state index is -0.581. The number of fused-ring (bicyclic) bond motifs is 1. The number of hydrogen-bond donors (Lipinski definition) is 1. The van der Waals surface area contributed by atoms with Gasteiger partial charge in [0.1, 0.15) is 6.10 Å². The van der Waals surface area contributed by atoms with Crippen molar-refractivity contribution in [3.8, 4) is 11.5 Å². The molecule has 6 nitrogen and oxygen atoms in total. The maximum absolute atomic E-state index is 13.4. The van der Waals surface area contributed by atoms with Crippen molar-refractivity contribution in [2.75, 3.05) is 6.79 Å². The first-order valence-electron chi connectivity index (χ1n) is 11.1. The number of rotatable bonds is 3. The minimum Gasteiger partial charge on any atom is -0.459 e. The summed E-state index contributed by atoms with van der Waals surface area (Å²) in [5.41, 5.74) is 3.34. The highest BCUT2D eigenvalue weighted by molar-refractivity contribution is 6.32. The van der Waals surface area contributed by atoms with Gasteiger partial charge in [-0.1, -0.05) is 18.0 Å². The predicted molar refractivity (Wildman–Crippen MR) is 115 cm³/mol. The van der Waals surface area contributed by atoms with E-state index in [-0.39, 0.29) is 24.6 Å². The van der Waals surface area contributed by atoms with E-state index in [1.54, 1.807) is 12.1 Å². The van der Waals surface area contributed by atoms with Gasteiger partial charge in [-0.25, -0.2) is 4.79 Å². The van der Waals surface area contributed by atoms with Gasteiger partial charge in [-0.05, 0) is 57.1 Å². The normalized spacial score (nSPS) is 23.5. The number of carbonyl (C=O) groups is 2. The number of Topliss-reactive ketones (excluding diaryl/α,β-unsaturated/α-hetero) is 1. The first kappa shape index (κ1) is 20.4. The molecule has 0 radical (unpaired) electrons. The van der Waals surface area contributed by atoms with Gasteiger partial charge in [0.05, 0.1) is 5.57 Å². The lowest BCUT2D eigenvalue weighted by atomic mass is 9.75. The molecule has 1 aromatic rings. The smallest absolute Gasteiger partial charge is 0.337 e. The molecule has 1 aromatic carbocycles. The Morgan fingerprint density at radius 3 is 2.61 bits per heavy atom. The van der Waals surface area contributed by atoms with Gasteiger partial charge in [0.25, 0.3) is 0 Å². The zero-order valence-electron chi connectivity index (χ0n) is 17.6. The van der Waals surface area contributed by atoms with Crippen molar-refractivity contribution in [3.63, 3.8) is 0 Å². The van der Waals surface area contributed by atoms with Crippen molar-refractivity contribution in [1.82, 2.24) is 5.32 Å². The molecule has 4 aliphatic rings. The van der Waals surface area contributed by atoms with Gasteiger partial charge in [-0.15, -0.1) is 0 Å². The lowest BCUT2D eigenvalue weighted by Gasteiger charge is -2.35. The number of carbonyl (C=O) groups excluding carboxylic acids is 2. The summed E-state index contributed by atoms with van der Waals surface area (Å²) < 4.78 is 16.9. The van der Waals surface area contributed by atoms with Gasteiger partial charge in [-0.3, -0.25) is 4.79 Å². The second-order valence-electron chi connectivity index (χ2n) is 8.66. The Hall–Kier alpha value is -2.47. The molecule has 7 heteroatoms. The molecule has 0 bridgehead atoms. The van der Waals surface area contributed by atoms with Crippen LogP contribution in [0.2, 0.25) is 5.02 Å². The van der Waals surface area contributed by atoms with Crippen molar-refractivity contribution in [2.24, 2.45) is 0 Å². The van der Waals surface area contributed by atoms with Crippen molar-refractivity contribution >= 4 is 23.4 Å². The first-order valence-corrected chi connectivity index (χ1v) is 11.4. The fourth-order valence-corrected chi connectivity index (χ4v) is 5.38. The SMILES string of the molecule is CC1=C(C(=O)OC2CCCCC2)[C@H](c2cc3c(cc2Cl)OCO3)C2=C(CCCC2=O)N1. The Morgan fingerprint density at radius 1 is 1.10 bits per heavy atom. The van der Waals surface area contributed by atoms with Gasteiger partial charge in [0, 0.05) is 40.4 Å². The molecule has 31 heavy (non-hydrogen) atoms. The molecule has 0 unspecified atom stereocenters. The van der Waals surface area contributed by atoms with Crippen molar-refractivity contribution in [1.29, 1.82) is 0 Å². The number of esters is 1. The van der Waals surface area contributed by atoms with Crippen LogP contribution in [0.4, 0.5) is 0 Å². The monoisotopic (exact) mass is 443 g/mol. The van der Waals surface area contributed by atoms with E-state index >= 15 is 0 Å². The largest absolute Gasteiger partial charge is 0.459 e. The van der Waals surface area contributed by atoms with E-state index in [9.17, 15) is 9.59 Å². The van der Waals surface area contributed by atoms with Crippen LogP contribution in [0.1, 0.15) is 69.8 Å². The Labute approximate surface area is 186 Å². The van der Waals surface area contributed by atoms with Crippen LogP contribution in [0.25, 0.3) is 0 Å². The quantitative estimate of drug-likeness (QED) is 0.669. The Balaban J connectivity index is 1.59. The summed E-state index contributed by atoms with van der Waals surface area (Å²) in [7, 11) is 0. The van der Waals surface area contributed by atoms with Crippen molar-refractivity contribution < 1.29 is 23.8 Å². The van der Waals surface area contributed by atoms with Crippen molar-refractivity contribution in [3.05, 3.63) is 45.3 Å². The first-order chi connectivity index (χ1) is 15.0. The van der Waals surface area contributed by atoms with Gasteiger partial charge >= 0.3 is 5.97 Å². The van der Waals surface area contributed by atoms with Crippen molar-refractivity contribution in [2.45, 2.75) is 70.3 Å². The number of ketones is 1. The fraction of sp³-hybridized carbons (Fsp3) is 0.500. The van der Waals surface area contributed by atoms with Crippen LogP contribution in [-0.4, -0.2) is 24.6 Å². The van der Waals surface area contributed by atoms with Gasteiger partial charge in [0.2, 0.25) is 6.79 Å². The van der Waals surface area contributed by atoms with Crippen LogP contribution in [0, 0.1) is 0 Å². The fourth-order valence-electron chi connectivity index (χ4n) is 5.12. The third kappa shape index (κ3) is 3.71. The summed E-state index contributed by atoms with van der Waals surface area (Å²) in [5, 5.41) is 3.77. The molecule has 2 heterocycles. The summed E-state index contributed by atoms with van der Waals surface area (Å²) in [6.45, 7) is 1.99. The van der Waals surface area contributed by atoms with Crippen LogP contribution in [0.3, 0.4) is 0 Å². The Morgan fingerprint density at radius 2 is 1.84 bits per heavy atom. The number of hydrogen-bond acceptors (Lipinski definition) is 6. The molecule has 2 aliphatic carbocycles. The van der Waals surface area contributed by atoms with Crippen LogP contribution in [-0.2, 0) is 14.3 Å². The molecule has 1 N–H and O–H groups in total. The van der Waals surface area contributed by atoms with E-state index < -0.39 is 5.92 Å². The molecule has 164 valence electrons. The molecule has 0 saturated heterocycles. The zero-order chi connectivity index (χ0) is 21.5. The highest BCUT2D eigenvalue weighted by Gasteiger charge is 2.41. The van der Waals surface area contributed by atoms with E-state index in [2.05, 4.69) is 5.32 Å². The number of ether oxygens (including phenoxy) is 3. The molecular formula is C24H26ClNO5. The number of benzene rings is 1. The summed E-state index contributed by atoms with van der Waals surface area (Å²) >= 11 is 6.67. The third-order valence-electron chi connectivity index (χ3n) is 6.62. The lowest BCUT2D eigenvalue weighted by molar-refractivity contribution is -0.146. The van der Waals surface area contributed by atoms with E-state index in [0.29, 0.717) is 45.3 Å². The molecule has 5 rings (SSSR count). The molecule has 2 aliphatic heterocycles. The average Bonchev–Trinajstić information content (AvgIpc) is 3.20. The van der Waals surface area contributed by atoms with E-state index in [0.717, 1.165) is 44.2 Å². The topological polar surface area (TPSA) is 73.9 Å². The predicted octanol–water partition coefficient (Wildman–Crippen LogP) is 4.91. The molecule has 1 atom stereocenters. The minimum absolute atomic E-state index is 0.0444. The van der Waals surface area contributed by atoms with Crippen LogP contribution in [0.5, 0.6) is 11.5 Å². The number of allylic oxidation sites excluding steroid dienone is 3. The molecule has 1 saturated carbocycles. The summed E-state index contributed by atoms with van der Waals surface area (Å²) in [6.07, 6.45) is 7.02.